The second-order valence-corrected chi connectivity index (χ2v) is 5.48. The zero-order valence-corrected chi connectivity index (χ0v) is 13.3. The molecular weight excluding hydrogens is 280 g/mol. The van der Waals surface area contributed by atoms with Crippen LogP contribution in [0.4, 0.5) is 0 Å². The summed E-state index contributed by atoms with van der Waals surface area (Å²) in [6, 6.07) is 3.58. The molecule has 6 nitrogen and oxygen atoms in total. The van der Waals surface area contributed by atoms with E-state index in [-0.39, 0.29) is 5.97 Å². The maximum absolute atomic E-state index is 11.8. The van der Waals surface area contributed by atoms with Crippen LogP contribution in [0.5, 0.6) is 0 Å². The van der Waals surface area contributed by atoms with Crippen LogP contribution in [0.25, 0.3) is 0 Å². The minimum Gasteiger partial charge on any atom is -0.465 e. The molecule has 2 rings (SSSR count). The van der Waals surface area contributed by atoms with Gasteiger partial charge in [0.1, 0.15) is 0 Å². The molecule has 1 aromatic heterocycles. The molecule has 1 aliphatic carbocycles. The Morgan fingerprint density at radius 1 is 1.50 bits per heavy atom. The van der Waals surface area contributed by atoms with Crippen molar-refractivity contribution in [2.75, 3.05) is 13.7 Å². The van der Waals surface area contributed by atoms with Gasteiger partial charge in [-0.05, 0) is 31.4 Å². The highest BCUT2D eigenvalue weighted by Crippen LogP contribution is 2.40. The van der Waals surface area contributed by atoms with Gasteiger partial charge in [-0.2, -0.15) is 0 Å². The minimum atomic E-state index is -0.329. The number of aromatic nitrogens is 1. The maximum Gasteiger partial charge on any atom is 0.339 e. The molecular formula is C16H24N4O2. The van der Waals surface area contributed by atoms with E-state index >= 15 is 0 Å². The lowest BCUT2D eigenvalue weighted by Gasteiger charge is -2.08. The number of guanidine groups is 1. The fraction of sp³-hybridized carbons (Fsp3) is 0.562. The summed E-state index contributed by atoms with van der Waals surface area (Å²) in [4.78, 5) is 20.6. The van der Waals surface area contributed by atoms with Crippen molar-refractivity contribution in [3.05, 3.63) is 29.1 Å². The first-order chi connectivity index (χ1) is 10.7. The van der Waals surface area contributed by atoms with Crippen LogP contribution in [0.2, 0.25) is 0 Å². The van der Waals surface area contributed by atoms with E-state index in [4.69, 9.17) is 10.5 Å². The molecule has 0 saturated heterocycles. The minimum absolute atomic E-state index is 0.329. The molecule has 0 amide bonds. The van der Waals surface area contributed by atoms with E-state index in [0.717, 1.165) is 43.6 Å². The SMILES string of the molecule is CCCCNC(N)=NCc1ccc(C(=O)OC)c(C2CC2)n1. The standard InChI is InChI=1S/C16H24N4O2/c1-3-4-9-18-16(17)19-10-12-7-8-13(15(21)22-2)14(20-12)11-5-6-11/h7-8,11H,3-6,9-10H2,1-2H3,(H3,17,18,19). The Morgan fingerprint density at radius 2 is 2.27 bits per heavy atom. The van der Waals surface area contributed by atoms with Gasteiger partial charge in [-0.1, -0.05) is 13.3 Å². The van der Waals surface area contributed by atoms with E-state index in [1.807, 2.05) is 0 Å². The van der Waals surface area contributed by atoms with Crippen LogP contribution in [0.15, 0.2) is 17.1 Å². The zero-order chi connectivity index (χ0) is 15.9. The number of nitrogens with two attached hydrogens (primary N) is 1. The molecule has 0 unspecified atom stereocenters. The van der Waals surface area contributed by atoms with Gasteiger partial charge in [0, 0.05) is 12.5 Å². The number of carbonyl (C=O) groups excluding carboxylic acids is 1. The van der Waals surface area contributed by atoms with Crippen LogP contribution in [0.1, 0.15) is 60.3 Å². The molecule has 1 fully saturated rings. The van der Waals surface area contributed by atoms with Gasteiger partial charge >= 0.3 is 5.97 Å². The molecule has 0 radical (unpaired) electrons. The van der Waals surface area contributed by atoms with Crippen molar-refractivity contribution in [1.29, 1.82) is 0 Å². The highest BCUT2D eigenvalue weighted by Gasteiger charge is 2.30. The molecule has 0 spiro atoms. The lowest BCUT2D eigenvalue weighted by molar-refractivity contribution is 0.0598. The van der Waals surface area contributed by atoms with E-state index in [1.165, 1.54) is 7.11 Å². The van der Waals surface area contributed by atoms with Gasteiger partial charge in [-0.25, -0.2) is 9.79 Å². The van der Waals surface area contributed by atoms with Gasteiger partial charge in [-0.3, -0.25) is 4.98 Å². The fourth-order valence-corrected chi connectivity index (χ4v) is 2.17. The Hall–Kier alpha value is -2.11. The van der Waals surface area contributed by atoms with E-state index in [2.05, 4.69) is 22.2 Å². The lowest BCUT2D eigenvalue weighted by atomic mass is 10.1. The number of unbranched alkanes of at least 4 members (excludes halogenated alkanes) is 1. The lowest BCUT2D eigenvalue weighted by Crippen LogP contribution is -2.32. The van der Waals surface area contributed by atoms with Crippen LogP contribution in [-0.2, 0) is 11.3 Å². The fourth-order valence-electron chi connectivity index (χ4n) is 2.17. The quantitative estimate of drug-likeness (QED) is 0.348. The molecule has 0 aliphatic heterocycles. The summed E-state index contributed by atoms with van der Waals surface area (Å²) >= 11 is 0. The summed E-state index contributed by atoms with van der Waals surface area (Å²) in [5.41, 5.74) is 8.02. The number of carbonyl (C=O) groups is 1. The summed E-state index contributed by atoms with van der Waals surface area (Å²) in [5.74, 6) is 0.475. The average Bonchev–Trinajstić information content (AvgIpc) is 3.37. The number of hydrogen-bond donors (Lipinski definition) is 2. The zero-order valence-electron chi connectivity index (χ0n) is 13.3. The van der Waals surface area contributed by atoms with Gasteiger partial charge in [0.25, 0.3) is 0 Å². The molecule has 120 valence electrons. The van der Waals surface area contributed by atoms with Crippen molar-refractivity contribution in [1.82, 2.24) is 10.3 Å². The Morgan fingerprint density at radius 3 is 2.91 bits per heavy atom. The largest absolute Gasteiger partial charge is 0.465 e. The second-order valence-electron chi connectivity index (χ2n) is 5.48. The summed E-state index contributed by atoms with van der Waals surface area (Å²) < 4.78 is 4.81. The molecule has 0 aromatic carbocycles. The predicted octanol–water partition coefficient (Wildman–Crippen LogP) is 1.95. The number of aliphatic imine (C=N–C) groups is 1. The molecule has 1 aromatic rings. The molecule has 1 heterocycles. The van der Waals surface area contributed by atoms with E-state index in [1.54, 1.807) is 12.1 Å². The summed E-state index contributed by atoms with van der Waals surface area (Å²) in [5, 5.41) is 3.07. The van der Waals surface area contributed by atoms with Crippen LogP contribution in [0.3, 0.4) is 0 Å². The van der Waals surface area contributed by atoms with Gasteiger partial charge in [0.2, 0.25) is 0 Å². The first kappa shape index (κ1) is 16.3. The van der Waals surface area contributed by atoms with Crippen molar-refractivity contribution in [2.45, 2.75) is 45.1 Å². The number of rotatable bonds is 7. The van der Waals surface area contributed by atoms with E-state index in [0.29, 0.717) is 24.0 Å². The monoisotopic (exact) mass is 304 g/mol. The second kappa shape index (κ2) is 7.77. The average molecular weight is 304 g/mol. The third kappa shape index (κ3) is 4.44. The number of hydrogen-bond acceptors (Lipinski definition) is 4. The normalized spacial score (nSPS) is 14.7. The van der Waals surface area contributed by atoms with Crippen LogP contribution < -0.4 is 11.1 Å². The maximum atomic E-state index is 11.8. The van der Waals surface area contributed by atoms with E-state index in [9.17, 15) is 4.79 Å². The number of pyridine rings is 1. The Labute approximate surface area is 131 Å². The summed E-state index contributed by atoms with van der Waals surface area (Å²) in [6.07, 6.45) is 4.32. The Bertz CT molecular complexity index is 553. The first-order valence-corrected chi connectivity index (χ1v) is 7.77. The van der Waals surface area contributed by atoms with Gasteiger partial charge in [0.15, 0.2) is 5.96 Å². The molecule has 0 atom stereocenters. The third-order valence-corrected chi connectivity index (χ3v) is 3.60. The molecule has 1 saturated carbocycles. The number of esters is 1. The molecule has 3 N–H and O–H groups in total. The van der Waals surface area contributed by atoms with Gasteiger partial charge < -0.3 is 15.8 Å². The molecule has 6 heteroatoms. The number of ether oxygens (including phenoxy) is 1. The number of nitrogens with zero attached hydrogens (tertiary/aromatic N) is 2. The van der Waals surface area contributed by atoms with Crippen molar-refractivity contribution < 1.29 is 9.53 Å². The Balaban J connectivity index is 2.04. The van der Waals surface area contributed by atoms with Gasteiger partial charge in [0.05, 0.1) is 30.6 Å². The highest BCUT2D eigenvalue weighted by molar-refractivity contribution is 5.90. The number of nitrogens with one attached hydrogen (secondary N) is 1. The molecule has 22 heavy (non-hydrogen) atoms. The summed E-state index contributed by atoms with van der Waals surface area (Å²) in [6.45, 7) is 3.36. The number of methoxy groups -OCH3 is 1. The van der Waals surface area contributed by atoms with Crippen molar-refractivity contribution >= 4 is 11.9 Å². The smallest absolute Gasteiger partial charge is 0.339 e. The van der Waals surface area contributed by atoms with E-state index < -0.39 is 0 Å². The summed E-state index contributed by atoms with van der Waals surface area (Å²) in [7, 11) is 1.39. The van der Waals surface area contributed by atoms with Crippen molar-refractivity contribution in [3.8, 4) is 0 Å². The topological polar surface area (TPSA) is 89.6 Å². The first-order valence-electron chi connectivity index (χ1n) is 7.77. The van der Waals surface area contributed by atoms with Crippen LogP contribution >= 0.6 is 0 Å². The molecule has 1 aliphatic rings. The third-order valence-electron chi connectivity index (χ3n) is 3.60. The van der Waals surface area contributed by atoms with Crippen molar-refractivity contribution in [3.63, 3.8) is 0 Å². The predicted molar refractivity (Wildman–Crippen MR) is 85.8 cm³/mol. The highest BCUT2D eigenvalue weighted by atomic mass is 16.5. The van der Waals surface area contributed by atoms with Crippen LogP contribution in [-0.4, -0.2) is 30.6 Å². The van der Waals surface area contributed by atoms with Crippen molar-refractivity contribution in [2.24, 2.45) is 10.7 Å². The van der Waals surface area contributed by atoms with Crippen LogP contribution in [0, 0.1) is 0 Å². The Kier molecular flexibility index (Phi) is 5.75. The van der Waals surface area contributed by atoms with Gasteiger partial charge in [-0.15, -0.1) is 0 Å². The molecule has 0 bridgehead atoms.